The fourth-order valence-corrected chi connectivity index (χ4v) is 4.59. The number of nitrogens with zero attached hydrogens (tertiary/aromatic N) is 1. The maximum atomic E-state index is 13.4. The number of nitrogens with one attached hydrogen (secondary N) is 1. The molecule has 5 nitrogen and oxygen atoms in total. The van der Waals surface area contributed by atoms with Crippen LogP contribution in [0.5, 0.6) is 0 Å². The number of hydrogen-bond donors (Lipinski definition) is 2. The molecule has 1 aliphatic heterocycles. The number of ether oxygens (including phenoxy) is 1. The smallest absolute Gasteiger partial charge is 0.253 e. The van der Waals surface area contributed by atoms with Gasteiger partial charge in [-0.05, 0) is 43.9 Å². The molecular formula is C21H25ClF2N2O3. The summed E-state index contributed by atoms with van der Waals surface area (Å²) in [5, 5.41) is 13.8. The summed E-state index contributed by atoms with van der Waals surface area (Å²) in [6, 6.07) is 5.43. The van der Waals surface area contributed by atoms with Crippen molar-refractivity contribution in [2.75, 3.05) is 19.8 Å². The van der Waals surface area contributed by atoms with Crippen molar-refractivity contribution < 1.29 is 23.4 Å². The molecule has 0 bridgehead atoms. The molecule has 1 saturated heterocycles. The summed E-state index contributed by atoms with van der Waals surface area (Å²) < 4.78 is 34.2. The van der Waals surface area contributed by atoms with Gasteiger partial charge in [-0.1, -0.05) is 11.6 Å². The molecule has 4 rings (SSSR count). The number of fused-ring (bicyclic) bond motifs is 1. The van der Waals surface area contributed by atoms with E-state index in [1.165, 1.54) is 0 Å². The number of rotatable bonds is 4. The van der Waals surface area contributed by atoms with Gasteiger partial charge in [-0.3, -0.25) is 4.79 Å². The van der Waals surface area contributed by atoms with Crippen LogP contribution >= 0.6 is 11.6 Å². The Labute approximate surface area is 173 Å². The third-order valence-corrected chi connectivity index (χ3v) is 6.45. The molecule has 158 valence electrons. The molecule has 29 heavy (non-hydrogen) atoms. The maximum absolute atomic E-state index is 13.4. The number of hydrogen-bond acceptors (Lipinski definition) is 3. The van der Waals surface area contributed by atoms with Gasteiger partial charge >= 0.3 is 0 Å². The minimum Gasteiger partial charge on any atom is -0.388 e. The van der Waals surface area contributed by atoms with Crippen molar-refractivity contribution in [2.24, 2.45) is 0 Å². The Morgan fingerprint density at radius 2 is 1.97 bits per heavy atom. The summed E-state index contributed by atoms with van der Waals surface area (Å²) in [6.45, 7) is 1.30. The summed E-state index contributed by atoms with van der Waals surface area (Å²) >= 11 is 6.41. The molecule has 2 fully saturated rings. The number of carbonyl (C=O) groups is 1. The molecule has 1 aliphatic carbocycles. The topological polar surface area (TPSA) is 63.0 Å². The lowest BCUT2D eigenvalue weighted by Gasteiger charge is -2.35. The van der Waals surface area contributed by atoms with Crippen molar-refractivity contribution in [3.63, 3.8) is 0 Å². The van der Waals surface area contributed by atoms with Crippen molar-refractivity contribution in [3.05, 3.63) is 40.7 Å². The third-order valence-electron chi connectivity index (χ3n) is 6.14. The van der Waals surface area contributed by atoms with Gasteiger partial charge in [0.05, 0.1) is 21.7 Å². The van der Waals surface area contributed by atoms with Gasteiger partial charge in [-0.2, -0.15) is 0 Å². The zero-order valence-corrected chi connectivity index (χ0v) is 16.9. The van der Waals surface area contributed by atoms with Crippen LogP contribution in [0.4, 0.5) is 8.78 Å². The normalized spacial score (nSPS) is 21.9. The minimum atomic E-state index is -2.74. The first kappa shape index (κ1) is 20.6. The fourth-order valence-electron chi connectivity index (χ4n) is 4.32. The predicted octanol–water partition coefficient (Wildman–Crippen LogP) is 4.16. The summed E-state index contributed by atoms with van der Waals surface area (Å²) in [7, 11) is 0. The molecule has 0 unspecified atom stereocenters. The molecule has 3 heterocycles. The zero-order valence-electron chi connectivity index (χ0n) is 16.1. The zero-order chi connectivity index (χ0) is 20.6. The van der Waals surface area contributed by atoms with Gasteiger partial charge in [0.25, 0.3) is 5.91 Å². The van der Waals surface area contributed by atoms with E-state index in [1.807, 2.05) is 22.7 Å². The van der Waals surface area contributed by atoms with Gasteiger partial charge in [0.15, 0.2) is 0 Å². The molecule has 0 spiro atoms. The van der Waals surface area contributed by atoms with E-state index in [9.17, 15) is 18.7 Å². The van der Waals surface area contributed by atoms with Crippen molar-refractivity contribution in [1.29, 1.82) is 0 Å². The van der Waals surface area contributed by atoms with E-state index in [1.54, 1.807) is 6.07 Å². The Morgan fingerprint density at radius 3 is 2.66 bits per heavy atom. The first-order valence-corrected chi connectivity index (χ1v) is 10.4. The van der Waals surface area contributed by atoms with Gasteiger partial charge in [0.1, 0.15) is 0 Å². The van der Waals surface area contributed by atoms with Crippen LogP contribution < -0.4 is 5.32 Å². The molecule has 2 aromatic heterocycles. The number of pyridine rings is 1. The van der Waals surface area contributed by atoms with Gasteiger partial charge in [0, 0.05) is 50.4 Å². The number of carbonyl (C=O) groups excluding carboxylic acids is 1. The molecule has 0 atom stereocenters. The average molecular weight is 427 g/mol. The van der Waals surface area contributed by atoms with E-state index in [0.29, 0.717) is 29.3 Å². The standard InChI is InChI=1S/C21H25ClF2N2O3/c22-16-2-1-9-26-17(14-3-10-29-11-4-14)12-15(18(16)26)19(27)25-13-20(28)5-7-21(23,24)8-6-20/h1-2,9,12,14,28H,3-8,10-11,13H2,(H,25,27). The largest absolute Gasteiger partial charge is 0.388 e. The summed E-state index contributed by atoms with van der Waals surface area (Å²) in [6.07, 6.45) is 2.82. The van der Waals surface area contributed by atoms with E-state index in [2.05, 4.69) is 5.32 Å². The number of halogens is 3. The van der Waals surface area contributed by atoms with Crippen LogP contribution in [0.1, 0.15) is 60.5 Å². The Kier molecular flexibility index (Phi) is 5.57. The van der Waals surface area contributed by atoms with Gasteiger partial charge < -0.3 is 19.6 Å². The number of amides is 1. The highest BCUT2D eigenvalue weighted by Gasteiger charge is 2.42. The monoisotopic (exact) mass is 426 g/mol. The summed E-state index contributed by atoms with van der Waals surface area (Å²) in [5.74, 6) is -2.83. The van der Waals surface area contributed by atoms with Crippen molar-refractivity contribution in [1.82, 2.24) is 9.72 Å². The SMILES string of the molecule is O=C(NCC1(O)CCC(F)(F)CC1)c1cc(C2CCOCC2)n2cccc(Cl)c12. The molecule has 2 aliphatic rings. The molecule has 2 aromatic rings. The Balaban J connectivity index is 1.56. The summed E-state index contributed by atoms with van der Waals surface area (Å²) in [4.78, 5) is 13.0. The molecule has 8 heteroatoms. The van der Waals surface area contributed by atoms with E-state index < -0.39 is 11.5 Å². The van der Waals surface area contributed by atoms with Crippen molar-refractivity contribution >= 4 is 23.0 Å². The van der Waals surface area contributed by atoms with Crippen LogP contribution in [0.2, 0.25) is 5.02 Å². The fraction of sp³-hybridized carbons (Fsp3) is 0.571. The van der Waals surface area contributed by atoms with E-state index in [-0.39, 0.29) is 44.1 Å². The lowest BCUT2D eigenvalue weighted by Crippen LogP contribution is -2.47. The Morgan fingerprint density at radius 1 is 1.28 bits per heavy atom. The number of aromatic nitrogens is 1. The van der Waals surface area contributed by atoms with Crippen LogP contribution in [-0.2, 0) is 4.74 Å². The third kappa shape index (κ3) is 4.27. The number of alkyl halides is 2. The minimum absolute atomic E-state index is 0.0368. The second-order valence-corrected chi connectivity index (χ2v) is 8.61. The highest BCUT2D eigenvalue weighted by atomic mass is 35.5. The Bertz CT molecular complexity index is 899. The van der Waals surface area contributed by atoms with Crippen LogP contribution in [0, 0.1) is 0 Å². The lowest BCUT2D eigenvalue weighted by molar-refractivity contribution is -0.101. The van der Waals surface area contributed by atoms with Gasteiger partial charge in [0.2, 0.25) is 5.92 Å². The number of aliphatic hydroxyl groups is 1. The maximum Gasteiger partial charge on any atom is 0.253 e. The highest BCUT2D eigenvalue weighted by molar-refractivity contribution is 6.34. The van der Waals surface area contributed by atoms with Crippen molar-refractivity contribution in [2.45, 2.75) is 56.0 Å². The molecular weight excluding hydrogens is 402 g/mol. The van der Waals surface area contributed by atoms with E-state index in [4.69, 9.17) is 16.3 Å². The first-order chi connectivity index (χ1) is 13.8. The molecule has 0 radical (unpaired) electrons. The van der Waals surface area contributed by atoms with Gasteiger partial charge in [-0.15, -0.1) is 0 Å². The predicted molar refractivity (Wildman–Crippen MR) is 106 cm³/mol. The molecule has 1 amide bonds. The van der Waals surface area contributed by atoms with E-state index >= 15 is 0 Å². The van der Waals surface area contributed by atoms with Gasteiger partial charge in [-0.25, -0.2) is 8.78 Å². The van der Waals surface area contributed by atoms with Crippen LogP contribution in [-0.4, -0.2) is 46.7 Å². The molecule has 2 N–H and O–H groups in total. The molecule has 1 saturated carbocycles. The van der Waals surface area contributed by atoms with Crippen LogP contribution in [0.15, 0.2) is 24.4 Å². The quantitative estimate of drug-likeness (QED) is 0.771. The second-order valence-electron chi connectivity index (χ2n) is 8.21. The lowest BCUT2D eigenvalue weighted by atomic mass is 9.82. The second kappa shape index (κ2) is 7.85. The van der Waals surface area contributed by atoms with E-state index in [0.717, 1.165) is 18.5 Å². The van der Waals surface area contributed by atoms with Crippen molar-refractivity contribution in [3.8, 4) is 0 Å². The first-order valence-electron chi connectivity index (χ1n) is 10.0. The molecule has 0 aromatic carbocycles. The average Bonchev–Trinajstić information content (AvgIpc) is 3.11. The van der Waals surface area contributed by atoms with Crippen LogP contribution in [0.25, 0.3) is 5.52 Å². The van der Waals surface area contributed by atoms with Crippen LogP contribution in [0.3, 0.4) is 0 Å². The Hall–Kier alpha value is -1.70. The summed E-state index contributed by atoms with van der Waals surface area (Å²) in [5.41, 5.74) is 0.754. The highest BCUT2D eigenvalue weighted by Crippen LogP contribution is 2.38.